The molecule has 0 aliphatic carbocycles. The van der Waals surface area contributed by atoms with Crippen molar-refractivity contribution < 1.29 is 19.5 Å². The Morgan fingerprint density at radius 1 is 0.733 bits per heavy atom. The molecule has 0 aliphatic rings. The molecule has 4 heteroatoms. The maximum Gasteiger partial charge on any atom is 0.105 e. The van der Waals surface area contributed by atoms with Crippen LogP contribution in [0.4, 0.5) is 0 Å². The highest BCUT2D eigenvalue weighted by Crippen LogP contribution is 2.14. The summed E-state index contributed by atoms with van der Waals surface area (Å²) in [5.74, 6) is -0.930. The van der Waals surface area contributed by atoms with Gasteiger partial charge in [-0.2, -0.15) is 0 Å². The van der Waals surface area contributed by atoms with E-state index in [1.165, 1.54) is 83.5 Å². The second kappa shape index (κ2) is 20.3. The summed E-state index contributed by atoms with van der Waals surface area (Å²) in [6, 6.07) is 0. The summed E-state index contributed by atoms with van der Waals surface area (Å²) in [5, 5.41) is 20.8. The smallest absolute Gasteiger partial charge is 0.105 e. The predicted octanol–water partition coefficient (Wildman–Crippen LogP) is 5.61. The average molecular weight is 428 g/mol. The molecule has 0 saturated carbocycles. The van der Waals surface area contributed by atoms with Crippen LogP contribution in [0.3, 0.4) is 0 Å². The van der Waals surface area contributed by atoms with Crippen molar-refractivity contribution in [3.05, 3.63) is 0 Å². The van der Waals surface area contributed by atoms with Gasteiger partial charge in [-0.15, -0.1) is 0 Å². The van der Waals surface area contributed by atoms with Crippen molar-refractivity contribution in [2.75, 3.05) is 27.2 Å². The molecule has 1 unspecified atom stereocenters. The first-order chi connectivity index (χ1) is 14.4. The minimum absolute atomic E-state index is 0.178. The first kappa shape index (κ1) is 29.4. The van der Waals surface area contributed by atoms with Crippen molar-refractivity contribution in [2.45, 2.75) is 135 Å². The van der Waals surface area contributed by atoms with E-state index in [9.17, 15) is 15.0 Å². The Kier molecular flexibility index (Phi) is 19.9. The second-order valence-corrected chi connectivity index (χ2v) is 10.1. The number of nitrogens with zero attached hydrogens (tertiary/aromatic N) is 1. The van der Waals surface area contributed by atoms with Crippen LogP contribution in [0.1, 0.15) is 129 Å². The quantitative estimate of drug-likeness (QED) is 0.170. The molecule has 0 spiro atoms. The molecule has 0 heterocycles. The van der Waals surface area contributed by atoms with Gasteiger partial charge in [0, 0.05) is 5.97 Å². The van der Waals surface area contributed by atoms with Gasteiger partial charge in [0.25, 0.3) is 0 Å². The third-order valence-corrected chi connectivity index (χ3v) is 6.24. The fourth-order valence-electron chi connectivity index (χ4n) is 4.31. The number of likely N-dealkylation sites (N-methyl/N-ethyl adjacent to an activating group) is 1. The molecule has 180 valence electrons. The van der Waals surface area contributed by atoms with E-state index in [-0.39, 0.29) is 12.5 Å². The predicted molar refractivity (Wildman–Crippen MR) is 126 cm³/mol. The van der Waals surface area contributed by atoms with Crippen molar-refractivity contribution in [2.24, 2.45) is 0 Å². The number of carbonyl (C=O) groups excluding carboxylic acids is 1. The fourth-order valence-corrected chi connectivity index (χ4v) is 4.31. The maximum absolute atomic E-state index is 10.4. The molecule has 0 radical (unpaired) electrons. The van der Waals surface area contributed by atoms with Crippen LogP contribution in [0.25, 0.3) is 0 Å². The first-order valence-corrected chi connectivity index (χ1v) is 13.1. The number of carbonyl (C=O) groups is 1. The summed E-state index contributed by atoms with van der Waals surface area (Å²) in [4.78, 5) is 10.4. The number of carboxylic acids is 1. The van der Waals surface area contributed by atoms with E-state index in [0.29, 0.717) is 0 Å². The molecule has 0 bridgehead atoms. The van der Waals surface area contributed by atoms with Crippen molar-refractivity contribution in [1.82, 2.24) is 0 Å². The molecular formula is C26H53NO3. The van der Waals surface area contributed by atoms with E-state index in [2.05, 4.69) is 21.0 Å². The van der Waals surface area contributed by atoms with Gasteiger partial charge in [-0.1, -0.05) is 96.8 Å². The maximum atomic E-state index is 10.4. The summed E-state index contributed by atoms with van der Waals surface area (Å²) < 4.78 is 0.893. The van der Waals surface area contributed by atoms with Gasteiger partial charge < -0.3 is 19.5 Å². The normalized spacial score (nSPS) is 12.9. The lowest BCUT2D eigenvalue weighted by Crippen LogP contribution is -2.45. The number of hydrogen-bond donors (Lipinski definition) is 1. The second-order valence-electron chi connectivity index (χ2n) is 10.1. The highest BCUT2D eigenvalue weighted by atomic mass is 16.4. The number of quaternary nitrogens is 1. The molecule has 1 N–H and O–H groups in total. The van der Waals surface area contributed by atoms with Gasteiger partial charge in [-0.25, -0.2) is 0 Å². The monoisotopic (exact) mass is 427 g/mol. The molecule has 0 aromatic heterocycles. The van der Waals surface area contributed by atoms with Gasteiger partial charge in [0.2, 0.25) is 0 Å². The zero-order chi connectivity index (χ0) is 22.5. The van der Waals surface area contributed by atoms with E-state index >= 15 is 0 Å². The van der Waals surface area contributed by atoms with E-state index in [4.69, 9.17) is 0 Å². The van der Waals surface area contributed by atoms with E-state index in [1.807, 2.05) is 0 Å². The average Bonchev–Trinajstić information content (AvgIpc) is 2.67. The van der Waals surface area contributed by atoms with Crippen molar-refractivity contribution >= 4 is 5.97 Å². The van der Waals surface area contributed by atoms with Crippen LogP contribution >= 0.6 is 0 Å². The number of unbranched alkanes of at least 4 members (excludes halogenated alkanes) is 15. The Balaban J connectivity index is 3.49. The Labute approximate surface area is 188 Å². The molecule has 0 rings (SSSR count). The topological polar surface area (TPSA) is 60.4 Å². The van der Waals surface area contributed by atoms with Crippen LogP contribution in [0, 0.1) is 0 Å². The lowest BCUT2D eigenvalue weighted by molar-refractivity contribution is -0.893. The van der Waals surface area contributed by atoms with Crippen molar-refractivity contribution in [3.63, 3.8) is 0 Å². The minimum atomic E-state index is -0.930. The van der Waals surface area contributed by atoms with Gasteiger partial charge in [-0.3, -0.25) is 0 Å². The zero-order valence-electron chi connectivity index (χ0n) is 20.6. The summed E-state index contributed by atoms with van der Waals surface area (Å²) in [7, 11) is 4.45. The molecule has 1 atom stereocenters. The molecule has 0 saturated heterocycles. The molecular weight excluding hydrogens is 374 g/mol. The SMILES string of the molecule is CCCCCCCCCCCCCC(O)C[N+](C)(C)CCCCCCCCC(=O)[O-]. The Morgan fingerprint density at radius 2 is 1.17 bits per heavy atom. The number of hydrogen-bond acceptors (Lipinski definition) is 3. The van der Waals surface area contributed by atoms with Crippen LogP contribution in [-0.4, -0.2) is 48.8 Å². The van der Waals surface area contributed by atoms with Crippen LogP contribution in [0.2, 0.25) is 0 Å². The fraction of sp³-hybridized carbons (Fsp3) is 0.962. The third kappa shape index (κ3) is 22.1. The van der Waals surface area contributed by atoms with E-state index < -0.39 is 5.97 Å². The number of rotatable bonds is 23. The zero-order valence-corrected chi connectivity index (χ0v) is 20.6. The molecule has 0 aliphatic heterocycles. The molecule has 30 heavy (non-hydrogen) atoms. The molecule has 4 nitrogen and oxygen atoms in total. The van der Waals surface area contributed by atoms with E-state index in [0.717, 1.165) is 49.7 Å². The summed E-state index contributed by atoms with van der Waals surface area (Å²) >= 11 is 0. The number of aliphatic carboxylic acids is 1. The standard InChI is InChI=1S/C26H53NO3/c1-4-5-6-7-8-9-10-11-12-15-18-21-25(28)24-27(2,3)23-20-17-14-13-16-19-22-26(29)30/h25,28H,4-24H2,1-3H3. The van der Waals surface area contributed by atoms with Gasteiger partial charge in [0.1, 0.15) is 12.6 Å². The largest absolute Gasteiger partial charge is 0.550 e. The van der Waals surface area contributed by atoms with Gasteiger partial charge in [0.05, 0.1) is 20.6 Å². The summed E-state index contributed by atoms with van der Waals surface area (Å²) in [6.45, 7) is 4.23. The van der Waals surface area contributed by atoms with Crippen molar-refractivity contribution in [3.8, 4) is 0 Å². The number of aliphatic hydroxyl groups excluding tert-OH is 1. The summed E-state index contributed by atoms with van der Waals surface area (Å²) in [6.07, 6.45) is 22.2. The Hall–Kier alpha value is -0.610. The Morgan fingerprint density at radius 3 is 1.67 bits per heavy atom. The van der Waals surface area contributed by atoms with Crippen molar-refractivity contribution in [1.29, 1.82) is 0 Å². The number of aliphatic hydroxyl groups is 1. The lowest BCUT2D eigenvalue weighted by atomic mass is 10.0. The first-order valence-electron chi connectivity index (χ1n) is 13.1. The summed E-state index contributed by atoms with van der Waals surface area (Å²) in [5.41, 5.74) is 0. The number of carboxylic acid groups (broad SMARTS) is 1. The molecule has 0 amide bonds. The van der Waals surface area contributed by atoms with Gasteiger partial charge >= 0.3 is 0 Å². The highest BCUT2D eigenvalue weighted by molar-refractivity contribution is 5.63. The minimum Gasteiger partial charge on any atom is -0.550 e. The van der Waals surface area contributed by atoms with Crippen LogP contribution in [-0.2, 0) is 4.79 Å². The highest BCUT2D eigenvalue weighted by Gasteiger charge is 2.19. The van der Waals surface area contributed by atoms with E-state index in [1.54, 1.807) is 0 Å². The molecule has 0 aromatic rings. The van der Waals surface area contributed by atoms with Gasteiger partial charge in [-0.05, 0) is 32.1 Å². The van der Waals surface area contributed by atoms with Crippen LogP contribution < -0.4 is 5.11 Å². The molecule has 0 aromatic carbocycles. The van der Waals surface area contributed by atoms with Crippen LogP contribution in [0.5, 0.6) is 0 Å². The van der Waals surface area contributed by atoms with Gasteiger partial charge in [0.15, 0.2) is 0 Å². The molecule has 0 fully saturated rings. The third-order valence-electron chi connectivity index (χ3n) is 6.24. The Bertz CT molecular complexity index is 384. The van der Waals surface area contributed by atoms with Crippen LogP contribution in [0.15, 0.2) is 0 Å². The lowest BCUT2D eigenvalue weighted by Gasteiger charge is -2.32.